The van der Waals surface area contributed by atoms with Crippen LogP contribution in [-0.2, 0) is 10.2 Å². The molecule has 0 radical (unpaired) electrons. The van der Waals surface area contributed by atoms with Gasteiger partial charge in [-0.15, -0.1) is 0 Å². The predicted octanol–water partition coefficient (Wildman–Crippen LogP) is 5.85. The molecule has 6 heteroatoms. The summed E-state index contributed by atoms with van der Waals surface area (Å²) in [6.07, 6.45) is 8.55. The van der Waals surface area contributed by atoms with Crippen LogP contribution in [0.4, 0.5) is 0 Å². The summed E-state index contributed by atoms with van der Waals surface area (Å²) in [7, 11) is 0. The smallest absolute Gasteiger partial charge is 0.165 e. The number of benzene rings is 1. The summed E-state index contributed by atoms with van der Waals surface area (Å²) >= 11 is 0. The average molecular weight is 442 g/mol. The van der Waals surface area contributed by atoms with E-state index in [0.29, 0.717) is 12.5 Å². The lowest BCUT2D eigenvalue weighted by Crippen LogP contribution is -2.51. The molecule has 0 saturated heterocycles. The van der Waals surface area contributed by atoms with Crippen molar-refractivity contribution < 1.29 is 4.79 Å². The number of ketones is 1. The van der Waals surface area contributed by atoms with Crippen molar-refractivity contribution in [3.63, 3.8) is 0 Å². The molecule has 1 saturated carbocycles. The Hall–Kier alpha value is -3.02. The molecule has 4 aliphatic rings. The summed E-state index contributed by atoms with van der Waals surface area (Å²) in [6, 6.07) is 9.25. The number of carbonyl (C=O) groups is 1. The standard InChI is InChI=1S/C27H31N5O/c1-5-27(19-8-6-7-17(11-19)18-14-28-32(15-18)20-9-10-20)23-16(2)30-31-25(23)29-21-12-26(3,4)13-22(33)24(21)27/h6-8,11,14-15,20,25,29H,5,9-10,12-13H2,1-4H3. The van der Waals surface area contributed by atoms with Crippen LogP contribution in [0.1, 0.15) is 71.4 Å². The van der Waals surface area contributed by atoms with Crippen LogP contribution < -0.4 is 5.32 Å². The van der Waals surface area contributed by atoms with Gasteiger partial charge in [0.15, 0.2) is 11.9 Å². The Morgan fingerprint density at radius 1 is 1.18 bits per heavy atom. The molecule has 2 aliphatic heterocycles. The van der Waals surface area contributed by atoms with Crippen molar-refractivity contribution in [2.45, 2.75) is 77.4 Å². The number of nitrogens with one attached hydrogen (secondary N) is 1. The second kappa shape index (κ2) is 6.99. The molecule has 170 valence electrons. The van der Waals surface area contributed by atoms with Gasteiger partial charge >= 0.3 is 0 Å². The molecular weight excluding hydrogens is 410 g/mol. The Morgan fingerprint density at radius 3 is 2.76 bits per heavy atom. The molecular formula is C27H31N5O. The summed E-state index contributed by atoms with van der Waals surface area (Å²) in [5, 5.41) is 17.2. The van der Waals surface area contributed by atoms with E-state index in [4.69, 9.17) is 0 Å². The van der Waals surface area contributed by atoms with Crippen LogP contribution in [0.25, 0.3) is 11.1 Å². The first-order valence-electron chi connectivity index (χ1n) is 12.1. The molecule has 3 heterocycles. The van der Waals surface area contributed by atoms with E-state index < -0.39 is 5.41 Å². The molecule has 1 aromatic carbocycles. The number of aromatic nitrogens is 2. The van der Waals surface area contributed by atoms with Crippen molar-refractivity contribution in [3.8, 4) is 11.1 Å². The minimum atomic E-state index is -0.519. The van der Waals surface area contributed by atoms with Gasteiger partial charge in [0.25, 0.3) is 0 Å². The monoisotopic (exact) mass is 441 g/mol. The van der Waals surface area contributed by atoms with E-state index in [-0.39, 0.29) is 17.4 Å². The Labute approximate surface area is 194 Å². The number of fused-ring (bicyclic) bond motifs is 1. The van der Waals surface area contributed by atoms with Crippen LogP contribution in [0.5, 0.6) is 0 Å². The number of nitrogens with zero attached hydrogens (tertiary/aromatic N) is 4. The van der Waals surface area contributed by atoms with Crippen molar-refractivity contribution in [3.05, 3.63) is 64.8 Å². The fraction of sp³-hybridized carbons (Fsp3) is 0.481. The van der Waals surface area contributed by atoms with Crippen LogP contribution in [0, 0.1) is 5.41 Å². The van der Waals surface area contributed by atoms with Crippen LogP contribution in [0.15, 0.2) is 69.4 Å². The van der Waals surface area contributed by atoms with E-state index in [1.807, 2.05) is 13.1 Å². The third-order valence-corrected chi connectivity index (χ3v) is 7.80. The van der Waals surface area contributed by atoms with Crippen molar-refractivity contribution in [2.75, 3.05) is 0 Å². The number of allylic oxidation sites excluding steroid dienone is 3. The summed E-state index contributed by atoms with van der Waals surface area (Å²) < 4.78 is 2.09. The van der Waals surface area contributed by atoms with Crippen LogP contribution in [-0.4, -0.2) is 21.7 Å². The van der Waals surface area contributed by atoms with Crippen molar-refractivity contribution in [1.82, 2.24) is 15.1 Å². The van der Waals surface area contributed by atoms with Gasteiger partial charge in [0.05, 0.1) is 23.4 Å². The zero-order chi connectivity index (χ0) is 23.0. The van der Waals surface area contributed by atoms with E-state index in [0.717, 1.165) is 52.1 Å². The van der Waals surface area contributed by atoms with Gasteiger partial charge in [-0.3, -0.25) is 9.48 Å². The number of Topliss-reactive ketones (excluding diaryl/α,β-unsaturated/α-hetero) is 1. The normalized spacial score (nSPS) is 28.1. The first kappa shape index (κ1) is 20.6. The molecule has 0 bridgehead atoms. The summed E-state index contributed by atoms with van der Waals surface area (Å²) in [4.78, 5) is 13.7. The molecule has 2 unspecified atom stereocenters. The fourth-order valence-electron chi connectivity index (χ4n) is 6.20. The Kier molecular flexibility index (Phi) is 4.36. The van der Waals surface area contributed by atoms with Gasteiger partial charge in [-0.05, 0) is 55.2 Å². The Balaban J connectivity index is 1.55. The predicted molar refractivity (Wildman–Crippen MR) is 127 cm³/mol. The fourth-order valence-corrected chi connectivity index (χ4v) is 6.20. The Morgan fingerprint density at radius 2 is 2.00 bits per heavy atom. The summed E-state index contributed by atoms with van der Waals surface area (Å²) in [6.45, 7) is 8.57. The largest absolute Gasteiger partial charge is 0.362 e. The number of carbonyl (C=O) groups excluding carboxylic acids is 1. The van der Waals surface area contributed by atoms with Gasteiger partial charge in [0, 0.05) is 35.0 Å². The molecule has 2 aromatic rings. The minimum Gasteiger partial charge on any atom is -0.362 e. The maximum absolute atomic E-state index is 13.7. The van der Waals surface area contributed by atoms with Gasteiger partial charge in [0.2, 0.25) is 0 Å². The lowest BCUT2D eigenvalue weighted by molar-refractivity contribution is -0.119. The molecule has 2 atom stereocenters. The molecule has 0 amide bonds. The quantitative estimate of drug-likeness (QED) is 0.647. The number of hydrogen-bond donors (Lipinski definition) is 1. The number of rotatable bonds is 4. The first-order valence-corrected chi connectivity index (χ1v) is 12.1. The lowest BCUT2D eigenvalue weighted by Gasteiger charge is -2.48. The van der Waals surface area contributed by atoms with Gasteiger partial charge in [0.1, 0.15) is 0 Å². The first-order chi connectivity index (χ1) is 15.8. The van der Waals surface area contributed by atoms with Crippen molar-refractivity contribution >= 4 is 5.78 Å². The van der Waals surface area contributed by atoms with E-state index in [1.54, 1.807) is 0 Å². The highest BCUT2D eigenvalue weighted by Crippen LogP contribution is 2.55. The molecule has 6 rings (SSSR count). The highest BCUT2D eigenvalue weighted by molar-refractivity contribution is 6.01. The minimum absolute atomic E-state index is 0.0619. The van der Waals surface area contributed by atoms with E-state index >= 15 is 0 Å². The summed E-state index contributed by atoms with van der Waals surface area (Å²) in [5.74, 6) is 0.244. The molecule has 1 N–H and O–H groups in total. The second-order valence-corrected chi connectivity index (χ2v) is 10.8. The highest BCUT2D eigenvalue weighted by Gasteiger charge is 2.53. The van der Waals surface area contributed by atoms with E-state index in [9.17, 15) is 4.79 Å². The maximum Gasteiger partial charge on any atom is 0.165 e. The van der Waals surface area contributed by atoms with Crippen LogP contribution in [0.2, 0.25) is 0 Å². The number of azo groups is 1. The molecule has 0 spiro atoms. The number of hydrogen-bond acceptors (Lipinski definition) is 5. The zero-order valence-corrected chi connectivity index (χ0v) is 19.9. The van der Waals surface area contributed by atoms with Gasteiger partial charge < -0.3 is 5.32 Å². The second-order valence-electron chi connectivity index (χ2n) is 10.8. The molecule has 1 fully saturated rings. The van der Waals surface area contributed by atoms with E-state index in [1.165, 1.54) is 12.8 Å². The average Bonchev–Trinajstić information content (AvgIpc) is 3.39. The topological polar surface area (TPSA) is 71.6 Å². The van der Waals surface area contributed by atoms with Crippen LogP contribution >= 0.6 is 0 Å². The van der Waals surface area contributed by atoms with E-state index in [2.05, 4.69) is 76.6 Å². The summed E-state index contributed by atoms with van der Waals surface area (Å²) in [5.41, 5.74) is 6.85. The Bertz CT molecular complexity index is 1260. The SMILES string of the molecule is CCC1(c2cccc(-c3cnn(C4CC4)c3)c2)C2=C(CC(C)(C)CC2=O)NC2N=NC(C)=C21. The maximum atomic E-state index is 13.7. The molecule has 33 heavy (non-hydrogen) atoms. The van der Waals surface area contributed by atoms with Crippen molar-refractivity contribution in [1.29, 1.82) is 0 Å². The highest BCUT2D eigenvalue weighted by atomic mass is 16.1. The third-order valence-electron chi connectivity index (χ3n) is 7.80. The van der Waals surface area contributed by atoms with Gasteiger partial charge in [-0.25, -0.2) is 0 Å². The zero-order valence-electron chi connectivity index (χ0n) is 19.9. The van der Waals surface area contributed by atoms with Crippen LogP contribution in [0.3, 0.4) is 0 Å². The van der Waals surface area contributed by atoms with Gasteiger partial charge in [-0.1, -0.05) is 39.0 Å². The molecule has 1 aromatic heterocycles. The lowest BCUT2D eigenvalue weighted by atomic mass is 9.58. The molecule has 2 aliphatic carbocycles. The van der Waals surface area contributed by atoms with Crippen molar-refractivity contribution in [2.24, 2.45) is 15.6 Å². The third kappa shape index (κ3) is 3.06. The van der Waals surface area contributed by atoms with Gasteiger partial charge in [-0.2, -0.15) is 15.3 Å². The molecule has 6 nitrogen and oxygen atoms in total.